The molecule has 16 heteroatoms. The fourth-order valence-corrected chi connectivity index (χ4v) is 9.41. The molecule has 0 radical (unpaired) electrons. The van der Waals surface area contributed by atoms with Gasteiger partial charge in [0, 0.05) is 38.9 Å². The van der Waals surface area contributed by atoms with E-state index in [0.717, 1.165) is 40.2 Å². The van der Waals surface area contributed by atoms with Crippen molar-refractivity contribution in [3.8, 4) is 33.6 Å². The standard InChI is InChI=1S/C45H57ClN8O7/c1-25(2)36(50-44(57)59-6)42(55)53-23-27(4)21-35(53)41-49-37(39(46)51-41)31-14-10-29(11-15-31)28-8-12-30(13-9-28)33-22-47-40(48-33)34-20-26(3)24-54(34)43(56)38(52(5)45(58)60-7)32-16-18-61-19-17-32/h8-15,22,25-27,32,34-36,38H,16-21,23-24H2,1-7H3,(H,47,48)(H,49,51)(H,50,57)/t26-,27-,34-,35-,36-,38-/m0/s1. The number of likely N-dealkylation sites (tertiary alicyclic amines) is 2. The van der Waals surface area contributed by atoms with E-state index in [9.17, 15) is 19.2 Å². The fraction of sp³-hybridized carbons (Fsp3) is 0.511. The number of hydrogen-bond acceptors (Lipinski definition) is 9. The van der Waals surface area contributed by atoms with Crippen LogP contribution in [0.2, 0.25) is 5.15 Å². The number of aromatic nitrogens is 4. The van der Waals surface area contributed by atoms with Gasteiger partial charge in [0.25, 0.3) is 0 Å². The van der Waals surface area contributed by atoms with Crippen LogP contribution in [0.25, 0.3) is 33.6 Å². The molecule has 4 aromatic rings. The first kappa shape index (κ1) is 43.7. The van der Waals surface area contributed by atoms with Crippen LogP contribution in [-0.4, -0.2) is 118 Å². The van der Waals surface area contributed by atoms with Crippen LogP contribution in [0, 0.1) is 23.7 Å². The molecule has 2 aromatic heterocycles. The number of ether oxygens (including phenoxy) is 3. The highest BCUT2D eigenvalue weighted by Gasteiger charge is 2.44. The molecule has 3 N–H and O–H groups in total. The van der Waals surface area contributed by atoms with Gasteiger partial charge in [-0.3, -0.25) is 14.5 Å². The van der Waals surface area contributed by atoms with E-state index in [1.807, 2.05) is 61.3 Å². The summed E-state index contributed by atoms with van der Waals surface area (Å²) in [5, 5.41) is 3.02. The Kier molecular flexibility index (Phi) is 13.4. The number of H-pyrrole nitrogens is 2. The van der Waals surface area contributed by atoms with Crippen LogP contribution < -0.4 is 5.32 Å². The van der Waals surface area contributed by atoms with Crippen molar-refractivity contribution < 1.29 is 33.4 Å². The van der Waals surface area contributed by atoms with Gasteiger partial charge in [0.05, 0.1) is 43.9 Å². The second-order valence-corrected chi connectivity index (χ2v) is 17.5. The molecule has 7 rings (SSSR count). The zero-order chi connectivity index (χ0) is 43.5. The molecule has 3 saturated heterocycles. The van der Waals surface area contributed by atoms with Crippen LogP contribution in [0.4, 0.5) is 9.59 Å². The summed E-state index contributed by atoms with van der Waals surface area (Å²) in [4.78, 5) is 74.3. The number of imidazole rings is 2. The third-order valence-corrected chi connectivity index (χ3v) is 12.7. The van der Waals surface area contributed by atoms with E-state index in [-0.39, 0.29) is 47.6 Å². The first-order valence-electron chi connectivity index (χ1n) is 21.1. The number of carbonyl (C=O) groups excluding carboxylic acids is 4. The molecule has 0 unspecified atom stereocenters. The van der Waals surface area contributed by atoms with E-state index in [1.165, 1.54) is 19.1 Å². The minimum Gasteiger partial charge on any atom is -0.453 e. The van der Waals surface area contributed by atoms with E-state index in [0.29, 0.717) is 62.2 Å². The Labute approximate surface area is 361 Å². The van der Waals surface area contributed by atoms with Crippen molar-refractivity contribution in [2.24, 2.45) is 23.7 Å². The number of nitrogens with zero attached hydrogens (tertiary/aromatic N) is 5. The van der Waals surface area contributed by atoms with Gasteiger partial charge in [0.1, 0.15) is 23.7 Å². The summed E-state index contributed by atoms with van der Waals surface area (Å²) in [6, 6.07) is 14.3. The second kappa shape index (κ2) is 18.7. The summed E-state index contributed by atoms with van der Waals surface area (Å²) in [7, 11) is 4.26. The first-order chi connectivity index (χ1) is 29.3. The molecule has 0 bridgehead atoms. The summed E-state index contributed by atoms with van der Waals surface area (Å²) >= 11 is 6.73. The number of nitrogens with one attached hydrogen (secondary N) is 3. The fourth-order valence-electron chi connectivity index (χ4n) is 9.16. The lowest BCUT2D eigenvalue weighted by Crippen LogP contribution is -2.54. The van der Waals surface area contributed by atoms with Gasteiger partial charge in [0.15, 0.2) is 5.15 Å². The topological polar surface area (TPSA) is 175 Å². The maximum Gasteiger partial charge on any atom is 0.409 e. The third kappa shape index (κ3) is 9.27. The molecule has 3 fully saturated rings. The Morgan fingerprint density at radius 1 is 0.820 bits per heavy atom. The van der Waals surface area contributed by atoms with E-state index in [4.69, 9.17) is 30.8 Å². The van der Waals surface area contributed by atoms with Gasteiger partial charge in [-0.05, 0) is 66.0 Å². The number of benzene rings is 2. The molecule has 0 spiro atoms. The Balaban J connectivity index is 1.04. The number of alkyl carbamates (subject to hydrolysis) is 1. The SMILES string of the molecule is COC(=O)N[C@H](C(=O)N1C[C@@H](C)C[C@H]1c1nc(Cl)c(-c2ccc(-c3ccc(-c4cnc([C@@H]5C[C@H](C)CN5C(=O)[C@H](C5CCOCC5)N(C)C(=O)OC)[nH]4)cc3)cc2)[nH]1)C(C)C. The summed E-state index contributed by atoms with van der Waals surface area (Å²) < 4.78 is 15.4. The molecular formula is C45H57ClN8O7. The third-order valence-electron chi connectivity index (χ3n) is 12.4. The van der Waals surface area contributed by atoms with Crippen LogP contribution in [0.5, 0.6) is 0 Å². The smallest absolute Gasteiger partial charge is 0.409 e. The predicted octanol–water partition coefficient (Wildman–Crippen LogP) is 7.48. The van der Waals surface area contributed by atoms with Crippen molar-refractivity contribution in [2.45, 2.75) is 77.5 Å². The number of aromatic amines is 2. The van der Waals surface area contributed by atoms with Crippen molar-refractivity contribution >= 4 is 35.6 Å². The number of rotatable bonds is 11. The minimum atomic E-state index is -0.739. The Morgan fingerprint density at radius 2 is 1.38 bits per heavy atom. The largest absolute Gasteiger partial charge is 0.453 e. The van der Waals surface area contributed by atoms with E-state index >= 15 is 0 Å². The maximum atomic E-state index is 14.3. The molecular weight excluding hydrogens is 800 g/mol. The summed E-state index contributed by atoms with van der Waals surface area (Å²) in [6.45, 7) is 10.2. The maximum absolute atomic E-state index is 14.3. The van der Waals surface area contributed by atoms with E-state index in [2.05, 4.69) is 46.2 Å². The zero-order valence-electron chi connectivity index (χ0n) is 35.9. The molecule has 5 heterocycles. The number of carbonyl (C=O) groups is 4. The second-order valence-electron chi connectivity index (χ2n) is 17.2. The molecule has 3 aliphatic heterocycles. The summed E-state index contributed by atoms with van der Waals surface area (Å²) in [5.74, 6) is 1.36. The predicted molar refractivity (Wildman–Crippen MR) is 230 cm³/mol. The molecule has 61 heavy (non-hydrogen) atoms. The summed E-state index contributed by atoms with van der Waals surface area (Å²) in [5.41, 5.74) is 5.37. The van der Waals surface area contributed by atoms with Gasteiger partial charge in [-0.2, -0.15) is 0 Å². The molecule has 2 aromatic carbocycles. The number of methoxy groups -OCH3 is 2. The number of halogens is 1. The Morgan fingerprint density at radius 3 is 1.95 bits per heavy atom. The first-order valence-corrected chi connectivity index (χ1v) is 21.5. The highest BCUT2D eigenvalue weighted by atomic mass is 35.5. The average molecular weight is 857 g/mol. The van der Waals surface area contributed by atoms with Crippen molar-refractivity contribution in [2.75, 3.05) is 47.6 Å². The highest BCUT2D eigenvalue weighted by Crippen LogP contribution is 2.40. The normalized spacial score (nSPS) is 21.7. The number of hydrogen-bond donors (Lipinski definition) is 3. The number of amides is 4. The Hall–Kier alpha value is -5.41. The lowest BCUT2D eigenvalue weighted by atomic mass is 9.89. The van der Waals surface area contributed by atoms with Crippen molar-refractivity contribution in [1.82, 2.24) is 40.0 Å². The zero-order valence-corrected chi connectivity index (χ0v) is 36.7. The van der Waals surface area contributed by atoms with Crippen LogP contribution >= 0.6 is 11.6 Å². The number of likely N-dealkylation sites (N-methyl/N-ethyl adjacent to an activating group) is 1. The Bertz CT molecular complexity index is 2180. The van der Waals surface area contributed by atoms with Crippen LogP contribution in [0.3, 0.4) is 0 Å². The van der Waals surface area contributed by atoms with Gasteiger partial charge in [-0.15, -0.1) is 0 Å². The van der Waals surface area contributed by atoms with Gasteiger partial charge in [0.2, 0.25) is 11.8 Å². The highest BCUT2D eigenvalue weighted by molar-refractivity contribution is 6.31. The average Bonchev–Trinajstić information content (AvgIpc) is 4.08. The van der Waals surface area contributed by atoms with Gasteiger partial charge >= 0.3 is 12.2 Å². The molecule has 3 aliphatic rings. The monoisotopic (exact) mass is 856 g/mol. The van der Waals surface area contributed by atoms with Gasteiger partial charge < -0.3 is 39.3 Å². The van der Waals surface area contributed by atoms with Crippen molar-refractivity contribution in [3.05, 3.63) is 71.5 Å². The molecule has 4 amide bonds. The molecule has 0 saturated carbocycles. The quantitative estimate of drug-likeness (QED) is 0.138. The van der Waals surface area contributed by atoms with E-state index in [1.54, 1.807) is 11.9 Å². The molecule has 15 nitrogen and oxygen atoms in total. The molecule has 6 atom stereocenters. The summed E-state index contributed by atoms with van der Waals surface area (Å²) in [6.07, 6.45) is 3.48. The van der Waals surface area contributed by atoms with Gasteiger partial charge in [-0.1, -0.05) is 87.8 Å². The van der Waals surface area contributed by atoms with E-state index < -0.39 is 24.3 Å². The minimum absolute atomic E-state index is 0.0293. The van der Waals surface area contributed by atoms with Crippen molar-refractivity contribution in [1.29, 1.82) is 0 Å². The van der Waals surface area contributed by atoms with Crippen LogP contribution in [0.1, 0.15) is 77.1 Å². The van der Waals surface area contributed by atoms with Gasteiger partial charge in [-0.25, -0.2) is 19.6 Å². The lowest BCUT2D eigenvalue weighted by Gasteiger charge is -2.38. The molecule has 0 aliphatic carbocycles. The lowest BCUT2D eigenvalue weighted by molar-refractivity contribution is -0.140. The van der Waals surface area contributed by atoms with Crippen LogP contribution in [-0.2, 0) is 23.8 Å². The van der Waals surface area contributed by atoms with Crippen LogP contribution in [0.15, 0.2) is 54.7 Å². The van der Waals surface area contributed by atoms with Crippen molar-refractivity contribution in [3.63, 3.8) is 0 Å². The molecule has 326 valence electrons.